The zero-order valence-corrected chi connectivity index (χ0v) is 17.7. The Kier molecular flexibility index (Phi) is 5.51. The molecule has 0 spiro atoms. The number of oxime groups is 1. The molecule has 1 aliphatic heterocycles. The van der Waals surface area contributed by atoms with E-state index in [1.54, 1.807) is 24.0 Å². The monoisotopic (exact) mass is 428 g/mol. The summed E-state index contributed by atoms with van der Waals surface area (Å²) in [6.07, 6.45) is -0.322. The van der Waals surface area contributed by atoms with Gasteiger partial charge in [-0.25, -0.2) is 4.79 Å². The Morgan fingerprint density at radius 1 is 1.07 bits per heavy atom. The second-order valence-electron chi connectivity index (χ2n) is 7.87. The van der Waals surface area contributed by atoms with Gasteiger partial charge in [-0.2, -0.15) is 8.42 Å². The molecule has 158 valence electrons. The smallest absolute Gasteiger partial charge is 0.410 e. The van der Waals surface area contributed by atoms with Crippen molar-refractivity contribution in [1.29, 1.82) is 0 Å². The van der Waals surface area contributed by atoms with Crippen LogP contribution >= 0.6 is 0 Å². The third kappa shape index (κ3) is 4.33. The molecule has 1 heterocycles. The molecule has 2 aromatic rings. The van der Waals surface area contributed by atoms with Crippen molar-refractivity contribution in [1.82, 2.24) is 4.90 Å². The minimum atomic E-state index is -3.93. The first-order valence-electron chi connectivity index (χ1n) is 9.85. The predicted molar refractivity (Wildman–Crippen MR) is 111 cm³/mol. The topological polar surface area (TPSA) is 85.3 Å². The molecule has 1 amide bonds. The highest BCUT2D eigenvalue weighted by Crippen LogP contribution is 2.52. The number of aryl methyl sites for hydroxylation is 1. The summed E-state index contributed by atoms with van der Waals surface area (Å²) < 4.78 is 34.8. The number of carbonyl (C=O) groups excluding carboxylic acids is 1. The molecule has 8 heteroatoms. The highest BCUT2D eigenvalue weighted by Gasteiger charge is 2.58. The number of amides is 1. The van der Waals surface area contributed by atoms with Gasteiger partial charge in [-0.05, 0) is 43.4 Å². The first-order valence-corrected chi connectivity index (χ1v) is 11.3. The van der Waals surface area contributed by atoms with Gasteiger partial charge in [0.25, 0.3) is 0 Å². The van der Waals surface area contributed by atoms with Gasteiger partial charge in [0.05, 0.1) is 5.71 Å². The molecule has 0 aromatic heterocycles. The quantitative estimate of drug-likeness (QED) is 0.518. The first kappa shape index (κ1) is 20.4. The van der Waals surface area contributed by atoms with Gasteiger partial charge in [-0.1, -0.05) is 53.2 Å². The molecule has 0 radical (unpaired) electrons. The molecule has 2 aromatic carbocycles. The Balaban J connectivity index is 1.28. The van der Waals surface area contributed by atoms with Crippen LogP contribution in [0.3, 0.4) is 0 Å². The Labute approximate surface area is 176 Å². The second-order valence-corrected chi connectivity index (χ2v) is 9.40. The van der Waals surface area contributed by atoms with Crippen LogP contribution in [-0.2, 0) is 25.7 Å². The zero-order valence-electron chi connectivity index (χ0n) is 16.9. The summed E-state index contributed by atoms with van der Waals surface area (Å²) in [6, 6.07) is 16.0. The normalized spacial score (nSPS) is 23.1. The van der Waals surface area contributed by atoms with Crippen molar-refractivity contribution >= 4 is 21.9 Å². The van der Waals surface area contributed by atoms with Crippen molar-refractivity contribution in [2.24, 2.45) is 22.9 Å². The average molecular weight is 429 g/mol. The van der Waals surface area contributed by atoms with Crippen LogP contribution in [0.1, 0.15) is 18.1 Å². The summed E-state index contributed by atoms with van der Waals surface area (Å²) >= 11 is 0. The number of ether oxygens (including phenoxy) is 1. The minimum Gasteiger partial charge on any atom is -0.445 e. The fraction of sp³-hybridized carbons (Fsp3) is 0.364. The molecule has 2 aliphatic rings. The van der Waals surface area contributed by atoms with Gasteiger partial charge >= 0.3 is 16.2 Å². The van der Waals surface area contributed by atoms with Gasteiger partial charge in [0.2, 0.25) is 0 Å². The Hall–Kier alpha value is -2.87. The maximum absolute atomic E-state index is 12.3. The summed E-state index contributed by atoms with van der Waals surface area (Å²) in [4.78, 5) is 14.0. The fourth-order valence-electron chi connectivity index (χ4n) is 4.02. The van der Waals surface area contributed by atoms with Crippen LogP contribution < -0.4 is 0 Å². The summed E-state index contributed by atoms with van der Waals surface area (Å²) in [5.74, 6) is 0.670. The maximum atomic E-state index is 12.3. The first-order chi connectivity index (χ1) is 14.3. The number of benzene rings is 2. The van der Waals surface area contributed by atoms with Crippen LogP contribution in [0, 0.1) is 24.7 Å². The van der Waals surface area contributed by atoms with Crippen LogP contribution in [0.25, 0.3) is 0 Å². The molecule has 1 aliphatic carbocycles. The van der Waals surface area contributed by atoms with Crippen molar-refractivity contribution in [3.63, 3.8) is 0 Å². The molecule has 7 nitrogen and oxygen atoms in total. The molecular weight excluding hydrogens is 404 g/mol. The second kappa shape index (κ2) is 8.10. The van der Waals surface area contributed by atoms with Crippen molar-refractivity contribution in [2.75, 3.05) is 13.1 Å². The largest absolute Gasteiger partial charge is 0.445 e. The number of fused-ring (bicyclic) bond motifs is 1. The van der Waals surface area contributed by atoms with E-state index in [4.69, 9.17) is 9.02 Å². The van der Waals surface area contributed by atoms with Crippen molar-refractivity contribution in [3.8, 4) is 0 Å². The number of hydrogen-bond donors (Lipinski definition) is 0. The average Bonchev–Trinajstić information content (AvgIpc) is 3.24. The van der Waals surface area contributed by atoms with Crippen molar-refractivity contribution < 1.29 is 22.2 Å². The molecule has 1 saturated heterocycles. The van der Waals surface area contributed by atoms with Crippen LogP contribution in [0.15, 0.2) is 64.6 Å². The molecular formula is C22H24N2O5S. The molecule has 4 rings (SSSR count). The number of likely N-dealkylation sites (tertiary alicyclic amines) is 1. The Bertz CT molecular complexity index is 1040. The lowest BCUT2D eigenvalue weighted by Crippen LogP contribution is -2.32. The number of piperidine rings is 1. The molecule has 30 heavy (non-hydrogen) atoms. The lowest BCUT2D eigenvalue weighted by Gasteiger charge is -2.19. The van der Waals surface area contributed by atoms with Gasteiger partial charge in [0.1, 0.15) is 11.5 Å². The van der Waals surface area contributed by atoms with Crippen LogP contribution in [-0.4, -0.2) is 38.2 Å². The highest BCUT2D eigenvalue weighted by atomic mass is 32.2. The van der Waals surface area contributed by atoms with E-state index in [0.29, 0.717) is 18.8 Å². The fourth-order valence-corrected chi connectivity index (χ4v) is 4.79. The molecule has 2 fully saturated rings. The van der Waals surface area contributed by atoms with E-state index < -0.39 is 10.1 Å². The molecule has 0 bridgehead atoms. The van der Waals surface area contributed by atoms with E-state index in [0.717, 1.165) is 11.1 Å². The Morgan fingerprint density at radius 2 is 1.70 bits per heavy atom. The van der Waals surface area contributed by atoms with Gasteiger partial charge in [0.15, 0.2) is 0 Å². The molecule has 3 atom stereocenters. The zero-order chi connectivity index (χ0) is 21.3. The summed E-state index contributed by atoms with van der Waals surface area (Å²) in [5.41, 5.74) is 2.55. The third-order valence-electron chi connectivity index (χ3n) is 5.73. The number of carbonyl (C=O) groups is 1. The van der Waals surface area contributed by atoms with E-state index in [1.165, 1.54) is 12.1 Å². The van der Waals surface area contributed by atoms with Crippen LogP contribution in [0.5, 0.6) is 0 Å². The standard InChI is InChI=1S/C22H24N2O5S/c1-15-8-10-18(11-9-15)30(26,27)29-23-16(2)21-19-12-24(13-20(19)21)22(25)28-14-17-6-4-3-5-7-17/h3-11,19-21H,12-14H2,1-2H3/b23-16+/t19-,20+,21+. The van der Waals surface area contributed by atoms with E-state index in [9.17, 15) is 13.2 Å². The minimum absolute atomic E-state index is 0.0768. The number of rotatable bonds is 6. The van der Waals surface area contributed by atoms with Crippen LogP contribution in [0.2, 0.25) is 0 Å². The Morgan fingerprint density at radius 3 is 2.33 bits per heavy atom. The van der Waals surface area contributed by atoms with Crippen LogP contribution in [0.4, 0.5) is 4.79 Å². The van der Waals surface area contributed by atoms with Crippen molar-refractivity contribution in [3.05, 3.63) is 65.7 Å². The van der Waals surface area contributed by atoms with E-state index >= 15 is 0 Å². The predicted octanol–water partition coefficient (Wildman–Crippen LogP) is 3.59. The molecule has 0 N–H and O–H groups in total. The van der Waals surface area contributed by atoms with E-state index in [2.05, 4.69) is 5.16 Å². The summed E-state index contributed by atoms with van der Waals surface area (Å²) in [6.45, 7) is 5.07. The third-order valence-corrected chi connectivity index (χ3v) is 6.85. The maximum Gasteiger partial charge on any atom is 0.410 e. The van der Waals surface area contributed by atoms with E-state index in [-0.39, 0.29) is 35.3 Å². The summed E-state index contributed by atoms with van der Waals surface area (Å²) in [5, 5.41) is 3.88. The lowest BCUT2D eigenvalue weighted by atomic mass is 10.2. The van der Waals surface area contributed by atoms with Gasteiger partial charge in [0, 0.05) is 19.0 Å². The van der Waals surface area contributed by atoms with Gasteiger partial charge in [-0.15, -0.1) is 0 Å². The lowest BCUT2D eigenvalue weighted by molar-refractivity contribution is 0.0996. The number of nitrogens with zero attached hydrogens (tertiary/aromatic N) is 2. The van der Waals surface area contributed by atoms with E-state index in [1.807, 2.05) is 37.3 Å². The number of hydrogen-bond acceptors (Lipinski definition) is 6. The SMILES string of the molecule is C/C(=N\OS(=O)(=O)c1ccc(C)cc1)[C@H]1[C@@H]2CN(C(=O)OCc3ccccc3)C[C@@H]21. The van der Waals surface area contributed by atoms with Crippen molar-refractivity contribution in [2.45, 2.75) is 25.3 Å². The molecule has 0 unspecified atom stereocenters. The summed E-state index contributed by atoms with van der Waals surface area (Å²) in [7, 11) is -3.93. The van der Waals surface area contributed by atoms with Gasteiger partial charge < -0.3 is 9.64 Å². The molecule has 1 saturated carbocycles. The van der Waals surface area contributed by atoms with Gasteiger partial charge in [-0.3, -0.25) is 4.28 Å². The highest BCUT2D eigenvalue weighted by molar-refractivity contribution is 7.86.